The average Bonchev–Trinajstić information content (AvgIpc) is 2.46. The van der Waals surface area contributed by atoms with Gasteiger partial charge in [0.1, 0.15) is 0 Å². The summed E-state index contributed by atoms with van der Waals surface area (Å²) in [4.78, 5) is 4.57. The molecule has 0 amide bonds. The minimum absolute atomic E-state index is 0. The van der Waals surface area contributed by atoms with Crippen LogP contribution >= 0.6 is 36.4 Å². The first-order valence-corrected chi connectivity index (χ1v) is 7.53. The molecule has 1 aliphatic heterocycles. The number of hydrogen-bond acceptors (Lipinski definition) is 3. The maximum atomic E-state index is 6.52. The van der Waals surface area contributed by atoms with Gasteiger partial charge in [0.05, 0.1) is 0 Å². The molecule has 0 bridgehead atoms. The van der Waals surface area contributed by atoms with Crippen molar-refractivity contribution in [1.82, 2.24) is 10.2 Å². The second-order valence-electron chi connectivity index (χ2n) is 5.43. The Kier molecular flexibility index (Phi) is 10.1. The molecule has 0 saturated carbocycles. The largest absolute Gasteiger partial charge is 0.378 e. The van der Waals surface area contributed by atoms with E-state index in [9.17, 15) is 0 Å². The fourth-order valence-electron chi connectivity index (χ4n) is 2.69. The van der Waals surface area contributed by atoms with Crippen LogP contribution < -0.4 is 10.2 Å². The van der Waals surface area contributed by atoms with Crippen molar-refractivity contribution in [3.8, 4) is 0 Å². The third kappa shape index (κ3) is 5.32. The number of anilines is 1. The number of halogens is 3. The van der Waals surface area contributed by atoms with Gasteiger partial charge in [0.25, 0.3) is 0 Å². The highest BCUT2D eigenvalue weighted by Gasteiger charge is 2.23. The Morgan fingerprint density at radius 2 is 1.95 bits per heavy atom. The van der Waals surface area contributed by atoms with E-state index in [1.165, 1.54) is 5.56 Å². The topological polar surface area (TPSA) is 18.5 Å². The Balaban J connectivity index is 0.00000220. The maximum Gasteiger partial charge on any atom is 0.0474 e. The normalized spacial score (nSPS) is 16.1. The standard InChI is InChI=1S/C16H24ClN3.2ClH/c1-4-5-16(20-10-8-18-9-11-20)14-7-6-13(19(2)3)12-15(14)17;;/h4,6-7,12,16,18H,1,5,8-11H2,2-3H3;2*1H/t16-;;/m1../s1. The summed E-state index contributed by atoms with van der Waals surface area (Å²) in [6.45, 7) is 8.11. The lowest BCUT2D eigenvalue weighted by Crippen LogP contribution is -2.45. The van der Waals surface area contributed by atoms with E-state index in [1.807, 2.05) is 20.2 Å². The zero-order chi connectivity index (χ0) is 14.5. The molecule has 0 spiro atoms. The molecule has 6 heteroatoms. The van der Waals surface area contributed by atoms with E-state index in [1.54, 1.807) is 0 Å². The lowest BCUT2D eigenvalue weighted by Gasteiger charge is -2.35. The number of hydrogen-bond donors (Lipinski definition) is 1. The number of nitrogens with zero attached hydrogens (tertiary/aromatic N) is 2. The third-order valence-corrected chi connectivity index (χ3v) is 4.17. The monoisotopic (exact) mass is 365 g/mol. The number of piperazine rings is 1. The van der Waals surface area contributed by atoms with E-state index >= 15 is 0 Å². The first-order valence-electron chi connectivity index (χ1n) is 7.16. The van der Waals surface area contributed by atoms with Gasteiger partial charge in [-0.05, 0) is 24.1 Å². The van der Waals surface area contributed by atoms with Crippen molar-refractivity contribution in [2.45, 2.75) is 12.5 Å². The van der Waals surface area contributed by atoms with Gasteiger partial charge in [-0.25, -0.2) is 0 Å². The van der Waals surface area contributed by atoms with Crippen molar-refractivity contribution in [2.75, 3.05) is 45.2 Å². The molecule has 1 aliphatic rings. The smallest absolute Gasteiger partial charge is 0.0474 e. The van der Waals surface area contributed by atoms with Crippen LogP contribution in [-0.4, -0.2) is 45.2 Å². The highest BCUT2D eigenvalue weighted by molar-refractivity contribution is 6.31. The molecular formula is C16H26Cl3N3. The Morgan fingerprint density at radius 1 is 1.32 bits per heavy atom. The lowest BCUT2D eigenvalue weighted by atomic mass is 10.0. The second-order valence-corrected chi connectivity index (χ2v) is 5.83. The molecule has 1 aromatic carbocycles. The first-order chi connectivity index (χ1) is 9.63. The minimum atomic E-state index is 0. The van der Waals surface area contributed by atoms with Crippen LogP contribution in [0.25, 0.3) is 0 Å². The molecule has 1 fully saturated rings. The molecule has 1 saturated heterocycles. The van der Waals surface area contributed by atoms with E-state index in [2.05, 4.69) is 39.9 Å². The van der Waals surface area contributed by atoms with Crippen LogP contribution in [-0.2, 0) is 0 Å². The molecule has 1 atom stereocenters. The van der Waals surface area contributed by atoms with Crippen molar-refractivity contribution in [3.05, 3.63) is 41.4 Å². The minimum Gasteiger partial charge on any atom is -0.378 e. The van der Waals surface area contributed by atoms with Gasteiger partial charge in [-0.2, -0.15) is 0 Å². The molecule has 1 N–H and O–H groups in total. The highest BCUT2D eigenvalue weighted by atomic mass is 35.5. The molecular weight excluding hydrogens is 341 g/mol. The van der Waals surface area contributed by atoms with Crippen molar-refractivity contribution >= 4 is 42.1 Å². The Labute approximate surface area is 151 Å². The molecule has 126 valence electrons. The van der Waals surface area contributed by atoms with Crippen LogP contribution in [0.3, 0.4) is 0 Å². The maximum absolute atomic E-state index is 6.52. The summed E-state index contributed by atoms with van der Waals surface area (Å²) in [5.74, 6) is 0. The van der Waals surface area contributed by atoms with E-state index in [0.717, 1.165) is 43.3 Å². The molecule has 0 radical (unpaired) electrons. The quantitative estimate of drug-likeness (QED) is 0.800. The summed E-state index contributed by atoms with van der Waals surface area (Å²) in [6, 6.07) is 6.68. The Bertz CT molecular complexity index is 460. The number of nitrogens with one attached hydrogen (secondary N) is 1. The van der Waals surface area contributed by atoms with Crippen LogP contribution in [0, 0.1) is 0 Å². The second kappa shape index (κ2) is 10.3. The zero-order valence-corrected chi connectivity index (χ0v) is 15.6. The molecule has 1 heterocycles. The van der Waals surface area contributed by atoms with Crippen LogP contribution in [0.2, 0.25) is 5.02 Å². The van der Waals surface area contributed by atoms with Crippen LogP contribution in [0.5, 0.6) is 0 Å². The fourth-order valence-corrected chi connectivity index (χ4v) is 2.99. The van der Waals surface area contributed by atoms with E-state index in [4.69, 9.17) is 11.6 Å². The van der Waals surface area contributed by atoms with Crippen LogP contribution in [0.15, 0.2) is 30.9 Å². The molecule has 1 aromatic rings. The van der Waals surface area contributed by atoms with Gasteiger partial charge in [-0.1, -0.05) is 23.7 Å². The van der Waals surface area contributed by atoms with Gasteiger partial charge in [0, 0.05) is 57.0 Å². The van der Waals surface area contributed by atoms with E-state index < -0.39 is 0 Å². The third-order valence-electron chi connectivity index (χ3n) is 3.84. The molecule has 22 heavy (non-hydrogen) atoms. The highest BCUT2D eigenvalue weighted by Crippen LogP contribution is 2.33. The number of rotatable bonds is 5. The van der Waals surface area contributed by atoms with Crippen LogP contribution in [0.4, 0.5) is 5.69 Å². The fraction of sp³-hybridized carbons (Fsp3) is 0.500. The van der Waals surface area contributed by atoms with Crippen molar-refractivity contribution < 1.29 is 0 Å². The summed E-state index contributed by atoms with van der Waals surface area (Å²) >= 11 is 6.52. The Hall–Kier alpha value is -0.450. The average molecular weight is 367 g/mol. The van der Waals surface area contributed by atoms with Crippen molar-refractivity contribution in [1.29, 1.82) is 0 Å². The molecule has 3 nitrogen and oxygen atoms in total. The summed E-state index contributed by atoms with van der Waals surface area (Å²) in [5, 5.41) is 4.24. The number of benzene rings is 1. The summed E-state index contributed by atoms with van der Waals surface area (Å²) in [7, 11) is 4.06. The predicted molar refractivity (Wildman–Crippen MR) is 102 cm³/mol. The lowest BCUT2D eigenvalue weighted by molar-refractivity contribution is 0.174. The molecule has 0 aromatic heterocycles. The van der Waals surface area contributed by atoms with Gasteiger partial charge in [0.2, 0.25) is 0 Å². The van der Waals surface area contributed by atoms with E-state index in [-0.39, 0.29) is 24.8 Å². The summed E-state index contributed by atoms with van der Waals surface area (Å²) < 4.78 is 0. The van der Waals surface area contributed by atoms with Crippen molar-refractivity contribution in [3.63, 3.8) is 0 Å². The summed E-state index contributed by atoms with van der Waals surface area (Å²) in [5.41, 5.74) is 2.34. The van der Waals surface area contributed by atoms with Gasteiger partial charge in [-0.15, -0.1) is 31.4 Å². The van der Waals surface area contributed by atoms with E-state index in [0.29, 0.717) is 6.04 Å². The zero-order valence-electron chi connectivity index (χ0n) is 13.2. The van der Waals surface area contributed by atoms with Gasteiger partial charge in [-0.3, -0.25) is 4.90 Å². The first kappa shape index (κ1) is 21.6. The Morgan fingerprint density at radius 3 is 2.45 bits per heavy atom. The predicted octanol–water partition coefficient (Wildman–Crippen LogP) is 3.77. The van der Waals surface area contributed by atoms with Crippen LogP contribution in [0.1, 0.15) is 18.0 Å². The molecule has 0 aliphatic carbocycles. The van der Waals surface area contributed by atoms with Gasteiger partial charge in [0.15, 0.2) is 0 Å². The van der Waals surface area contributed by atoms with Crippen molar-refractivity contribution in [2.24, 2.45) is 0 Å². The molecule has 2 rings (SSSR count). The SMILES string of the molecule is C=CC[C@H](c1ccc(N(C)C)cc1Cl)N1CCNCC1.Cl.Cl. The van der Waals surface area contributed by atoms with Gasteiger partial charge < -0.3 is 10.2 Å². The summed E-state index contributed by atoms with van der Waals surface area (Å²) in [6.07, 6.45) is 2.92. The molecule has 0 unspecified atom stereocenters. The van der Waals surface area contributed by atoms with Gasteiger partial charge >= 0.3 is 0 Å².